The summed E-state index contributed by atoms with van der Waals surface area (Å²) in [5, 5.41) is 0. The molecular weight excluding hydrogens is 272 g/mol. The number of hydrogen-bond acceptors (Lipinski definition) is 2. The molecule has 0 saturated carbocycles. The molecule has 0 heterocycles. The predicted molar refractivity (Wildman–Crippen MR) is 96.4 cm³/mol. The zero-order chi connectivity index (χ0) is 16.7. The largest absolute Gasteiger partial charge is 0.368 e. The highest BCUT2D eigenvalue weighted by Crippen LogP contribution is 2.17. The van der Waals surface area contributed by atoms with Gasteiger partial charge in [-0.3, -0.25) is 4.79 Å². The Balaban J connectivity index is 3.29. The van der Waals surface area contributed by atoms with Crippen molar-refractivity contribution >= 4 is 5.78 Å². The van der Waals surface area contributed by atoms with E-state index >= 15 is 0 Å². The molecule has 0 spiro atoms. The molecule has 0 saturated heterocycles. The Hall–Kier alpha value is -0.370. The lowest BCUT2D eigenvalue weighted by Crippen LogP contribution is -2.36. The summed E-state index contributed by atoms with van der Waals surface area (Å²) >= 11 is 0. The number of unbranched alkanes of at least 4 members (excludes halogenated alkanes) is 11. The van der Waals surface area contributed by atoms with E-state index in [1.54, 1.807) is 6.92 Å². The standard InChI is InChI=1S/C20H40O2/c1-5-7-8-9-10-11-12-13-14-15-16-17-18-22-20(4,6-2)19(3)21/h5-18H2,1-4H3. The maximum atomic E-state index is 11.5. The molecule has 0 amide bonds. The van der Waals surface area contributed by atoms with Crippen molar-refractivity contribution in [3.8, 4) is 0 Å². The van der Waals surface area contributed by atoms with E-state index in [-0.39, 0.29) is 5.78 Å². The Kier molecular flexibility index (Phi) is 14.0. The van der Waals surface area contributed by atoms with E-state index in [4.69, 9.17) is 4.74 Å². The van der Waals surface area contributed by atoms with Gasteiger partial charge >= 0.3 is 0 Å². The van der Waals surface area contributed by atoms with Gasteiger partial charge in [-0.1, -0.05) is 84.5 Å². The van der Waals surface area contributed by atoms with E-state index in [0.29, 0.717) is 0 Å². The number of hydrogen-bond donors (Lipinski definition) is 0. The van der Waals surface area contributed by atoms with Gasteiger partial charge in [0.05, 0.1) is 0 Å². The first-order valence-electron chi connectivity index (χ1n) is 9.71. The molecule has 0 aromatic rings. The van der Waals surface area contributed by atoms with Crippen molar-refractivity contribution in [3.63, 3.8) is 0 Å². The Morgan fingerprint density at radius 3 is 1.55 bits per heavy atom. The Morgan fingerprint density at radius 2 is 1.18 bits per heavy atom. The van der Waals surface area contributed by atoms with Crippen LogP contribution in [0.4, 0.5) is 0 Å². The summed E-state index contributed by atoms with van der Waals surface area (Å²) in [7, 11) is 0. The van der Waals surface area contributed by atoms with Crippen molar-refractivity contribution in [3.05, 3.63) is 0 Å². The average molecular weight is 313 g/mol. The topological polar surface area (TPSA) is 26.3 Å². The van der Waals surface area contributed by atoms with Gasteiger partial charge in [-0.2, -0.15) is 0 Å². The summed E-state index contributed by atoms with van der Waals surface area (Å²) in [6, 6.07) is 0. The van der Waals surface area contributed by atoms with Crippen molar-refractivity contribution in [2.24, 2.45) is 0 Å². The normalized spacial score (nSPS) is 14.0. The fourth-order valence-corrected chi connectivity index (χ4v) is 2.69. The van der Waals surface area contributed by atoms with Gasteiger partial charge in [-0.05, 0) is 26.7 Å². The second kappa shape index (κ2) is 14.2. The first-order valence-corrected chi connectivity index (χ1v) is 9.71. The summed E-state index contributed by atoms with van der Waals surface area (Å²) < 4.78 is 5.78. The minimum atomic E-state index is -0.558. The van der Waals surface area contributed by atoms with E-state index in [0.717, 1.165) is 19.4 Å². The summed E-state index contributed by atoms with van der Waals surface area (Å²) in [5.74, 6) is 0.147. The van der Waals surface area contributed by atoms with Crippen LogP contribution in [0.15, 0.2) is 0 Å². The van der Waals surface area contributed by atoms with Crippen LogP contribution in [0.25, 0.3) is 0 Å². The predicted octanol–water partition coefficient (Wildman–Crippen LogP) is 6.46. The van der Waals surface area contributed by atoms with Gasteiger partial charge in [0.25, 0.3) is 0 Å². The second-order valence-electron chi connectivity index (χ2n) is 6.88. The lowest BCUT2D eigenvalue weighted by molar-refractivity contribution is -0.140. The second-order valence-corrected chi connectivity index (χ2v) is 6.88. The molecule has 132 valence electrons. The highest BCUT2D eigenvalue weighted by atomic mass is 16.5. The summed E-state index contributed by atoms with van der Waals surface area (Å²) in [4.78, 5) is 11.5. The lowest BCUT2D eigenvalue weighted by Gasteiger charge is -2.25. The third-order valence-corrected chi connectivity index (χ3v) is 4.84. The minimum absolute atomic E-state index is 0.147. The lowest BCUT2D eigenvalue weighted by atomic mass is 9.98. The fourth-order valence-electron chi connectivity index (χ4n) is 2.69. The summed E-state index contributed by atoms with van der Waals surface area (Å²) in [6.45, 7) is 8.56. The fraction of sp³-hybridized carbons (Fsp3) is 0.950. The molecule has 0 aromatic heterocycles. The van der Waals surface area contributed by atoms with Crippen LogP contribution in [-0.4, -0.2) is 18.0 Å². The monoisotopic (exact) mass is 312 g/mol. The molecule has 0 N–H and O–H groups in total. The van der Waals surface area contributed by atoms with E-state index in [1.165, 1.54) is 70.6 Å². The van der Waals surface area contributed by atoms with Crippen LogP contribution < -0.4 is 0 Å². The highest BCUT2D eigenvalue weighted by molar-refractivity contribution is 5.84. The number of carbonyl (C=O) groups is 1. The number of carbonyl (C=O) groups excluding carboxylic acids is 1. The van der Waals surface area contributed by atoms with Gasteiger partial charge in [0.15, 0.2) is 5.78 Å². The maximum Gasteiger partial charge on any atom is 0.161 e. The number of rotatable bonds is 16. The van der Waals surface area contributed by atoms with Crippen LogP contribution in [0, 0.1) is 0 Å². The Labute approximate surface area is 139 Å². The third-order valence-electron chi connectivity index (χ3n) is 4.84. The number of Topliss-reactive ketones (excluding diaryl/α,β-unsaturated/α-hetero) is 1. The Bertz CT molecular complexity index is 262. The van der Waals surface area contributed by atoms with Gasteiger partial charge < -0.3 is 4.74 Å². The molecule has 0 aromatic carbocycles. The Morgan fingerprint density at radius 1 is 0.773 bits per heavy atom. The average Bonchev–Trinajstić information content (AvgIpc) is 2.51. The van der Waals surface area contributed by atoms with Gasteiger partial charge in [-0.15, -0.1) is 0 Å². The zero-order valence-corrected chi connectivity index (χ0v) is 15.7. The van der Waals surface area contributed by atoms with Crippen molar-refractivity contribution in [2.45, 2.75) is 117 Å². The minimum Gasteiger partial charge on any atom is -0.368 e. The quantitative estimate of drug-likeness (QED) is 0.306. The first kappa shape index (κ1) is 21.6. The zero-order valence-electron chi connectivity index (χ0n) is 15.7. The van der Waals surface area contributed by atoms with Gasteiger partial charge in [0, 0.05) is 6.61 Å². The summed E-state index contributed by atoms with van der Waals surface area (Å²) in [5.41, 5.74) is -0.558. The molecule has 0 bridgehead atoms. The number of ether oxygens (including phenoxy) is 1. The van der Waals surface area contributed by atoms with Crippen LogP contribution >= 0.6 is 0 Å². The number of ketones is 1. The molecule has 22 heavy (non-hydrogen) atoms. The molecule has 0 aliphatic carbocycles. The van der Waals surface area contributed by atoms with E-state index in [9.17, 15) is 4.79 Å². The van der Waals surface area contributed by atoms with Crippen LogP contribution in [0.3, 0.4) is 0 Å². The van der Waals surface area contributed by atoms with Crippen LogP contribution in [-0.2, 0) is 9.53 Å². The molecule has 0 fully saturated rings. The van der Waals surface area contributed by atoms with Gasteiger partial charge in [0.1, 0.15) is 5.60 Å². The molecule has 2 heteroatoms. The van der Waals surface area contributed by atoms with Crippen molar-refractivity contribution in [1.29, 1.82) is 0 Å². The molecule has 0 aliphatic rings. The van der Waals surface area contributed by atoms with Crippen molar-refractivity contribution in [2.75, 3.05) is 6.61 Å². The third kappa shape index (κ3) is 11.2. The van der Waals surface area contributed by atoms with Crippen LogP contribution in [0.1, 0.15) is 111 Å². The van der Waals surface area contributed by atoms with E-state index < -0.39 is 5.60 Å². The molecular formula is C20H40O2. The van der Waals surface area contributed by atoms with Crippen LogP contribution in [0.5, 0.6) is 0 Å². The highest BCUT2D eigenvalue weighted by Gasteiger charge is 2.27. The molecule has 2 nitrogen and oxygen atoms in total. The maximum absolute atomic E-state index is 11.5. The molecule has 1 unspecified atom stereocenters. The van der Waals surface area contributed by atoms with E-state index in [1.807, 2.05) is 13.8 Å². The SMILES string of the molecule is CCCCCCCCCCCCCCOC(C)(CC)C(C)=O. The van der Waals surface area contributed by atoms with Gasteiger partial charge in [0.2, 0.25) is 0 Å². The first-order chi connectivity index (χ1) is 10.6. The molecule has 1 atom stereocenters. The van der Waals surface area contributed by atoms with E-state index in [2.05, 4.69) is 6.92 Å². The van der Waals surface area contributed by atoms with Crippen molar-refractivity contribution in [1.82, 2.24) is 0 Å². The summed E-state index contributed by atoms with van der Waals surface area (Å²) in [6.07, 6.45) is 17.0. The molecule has 0 radical (unpaired) electrons. The van der Waals surface area contributed by atoms with Gasteiger partial charge in [-0.25, -0.2) is 0 Å². The molecule has 0 aliphatic heterocycles. The van der Waals surface area contributed by atoms with Crippen molar-refractivity contribution < 1.29 is 9.53 Å². The van der Waals surface area contributed by atoms with Crippen LogP contribution in [0.2, 0.25) is 0 Å². The smallest absolute Gasteiger partial charge is 0.161 e. The molecule has 0 rings (SSSR count).